The maximum absolute atomic E-state index is 12.0. The monoisotopic (exact) mass is 1640 g/mol. The van der Waals surface area contributed by atoms with Crippen LogP contribution in [0.5, 0.6) is 35.3 Å². The highest BCUT2D eigenvalue weighted by atomic mass is 32.1. The van der Waals surface area contributed by atoms with Crippen LogP contribution in [-0.2, 0) is 43.5 Å². The Bertz CT molecular complexity index is 5520. The summed E-state index contributed by atoms with van der Waals surface area (Å²) in [5.74, 6) is 3.27. The lowest BCUT2D eigenvalue weighted by Gasteiger charge is -2.26. The molecule has 0 spiro atoms. The normalized spacial score (nSPS) is 11.4. The topological polar surface area (TPSA) is 389 Å². The van der Waals surface area contributed by atoms with Gasteiger partial charge in [-0.15, -0.1) is 72.5 Å². The number of carbonyl (C=O) groups is 2. The summed E-state index contributed by atoms with van der Waals surface area (Å²) in [7, 11) is 7.17. The van der Waals surface area contributed by atoms with Crippen LogP contribution in [0.3, 0.4) is 0 Å². The Morgan fingerprint density at radius 2 is 0.769 bits per heavy atom. The standard InChI is InChI=1S/C16H18N4O2.C16H14N4O.2C14H13N5O.C13H14N4O2.C13H10N4OS/c21-16(20-10-4-1-5-11-20)12-22-15-8-7-14(18-19-15)13-6-2-3-9-17-13;1-12(13-6-2-4-10-17-13)21-16-9-8-15(19-20-16)14-7-3-5-11-18-14;1-19-10-15-8-11(19)9-20-14-6-5-13(17-18-14)12-4-2-3-7-16-12;1-19-9-8-16-13(19)10-20-14-6-5-12(17-18-14)11-4-2-3-7-15-11;1-17(2)13(18)9-19-12-7-6-11(15-16-12)10-5-3-4-8-14-10;1-2-6-14-10(3-1)11-4-5-12(17-16-11)18-9-13-15-7-8-19-13/h2-3,6-9H,1,4-5,10-12H2;2-12H,1H3;2-8,10H,9H2,1H3;2-9H,10H2,1H3;3-8H,9H2,1-2H3;1-8H,9H2. The number of nitrogens with zero attached hydrogens (tertiary/aromatic N) is 26. The minimum absolute atomic E-state index is 0.00954. The maximum Gasteiger partial charge on any atom is 0.260 e. The van der Waals surface area contributed by atoms with Crippen LogP contribution in [0.1, 0.15) is 54.5 Å². The van der Waals surface area contributed by atoms with Crippen molar-refractivity contribution >= 4 is 23.2 Å². The van der Waals surface area contributed by atoms with Gasteiger partial charge in [-0.25, -0.2) is 15.0 Å². The predicted molar refractivity (Wildman–Crippen MR) is 446 cm³/mol. The zero-order valence-corrected chi connectivity index (χ0v) is 67.3. The smallest absolute Gasteiger partial charge is 0.260 e. The molecule has 17 rings (SSSR count). The van der Waals surface area contributed by atoms with Crippen LogP contribution >= 0.6 is 11.3 Å². The number of amides is 2. The molecule has 17 heterocycles. The number of likely N-dealkylation sites (tertiary alicyclic amines) is 1. The number of aryl methyl sites for hydroxylation is 2. The lowest BCUT2D eigenvalue weighted by Crippen LogP contribution is -2.38. The van der Waals surface area contributed by atoms with Gasteiger partial charge in [-0.2, -0.15) is 0 Å². The van der Waals surface area contributed by atoms with E-state index in [1.165, 1.54) is 11.3 Å². The molecular formula is C86H82N26O8S. The van der Waals surface area contributed by atoms with Crippen LogP contribution in [0.2, 0.25) is 0 Å². The number of carbonyl (C=O) groups excluding carboxylic acids is 2. The molecule has 1 saturated heterocycles. The van der Waals surface area contributed by atoms with Crippen molar-refractivity contribution in [2.45, 2.75) is 52.1 Å². The summed E-state index contributed by atoms with van der Waals surface area (Å²) in [6.07, 6.45) is 24.1. The number of likely N-dealkylation sites (N-methyl/N-ethyl adjacent to an activating group) is 1. The number of imidazole rings is 2. The molecule has 610 valence electrons. The number of aromatic nitrogens is 24. The van der Waals surface area contributed by atoms with Crippen LogP contribution in [0, 0.1) is 0 Å². The number of ether oxygens (including phenoxy) is 6. The molecule has 1 unspecified atom stereocenters. The molecule has 0 saturated carbocycles. The number of pyridine rings is 7. The Kier molecular flexibility index (Phi) is 31.9. The molecule has 34 nitrogen and oxygen atoms in total. The minimum Gasteiger partial charge on any atom is -0.470 e. The Hall–Kier alpha value is -15.7. The number of rotatable bonds is 24. The third kappa shape index (κ3) is 27.2. The summed E-state index contributed by atoms with van der Waals surface area (Å²) >= 11 is 1.55. The Morgan fingerprint density at radius 3 is 1.11 bits per heavy atom. The second-order valence-electron chi connectivity index (χ2n) is 25.9. The molecule has 35 heteroatoms. The molecule has 1 aliphatic heterocycles. The van der Waals surface area contributed by atoms with Gasteiger partial charge in [-0.05, 0) is 148 Å². The van der Waals surface area contributed by atoms with Gasteiger partial charge >= 0.3 is 0 Å². The first-order valence-corrected chi connectivity index (χ1v) is 38.8. The largest absolute Gasteiger partial charge is 0.470 e. The summed E-state index contributed by atoms with van der Waals surface area (Å²) in [6.45, 7) is 4.72. The van der Waals surface area contributed by atoms with E-state index in [0.717, 1.165) is 99.4 Å². The summed E-state index contributed by atoms with van der Waals surface area (Å²) in [5.41, 5.74) is 10.7. The molecule has 1 aliphatic rings. The van der Waals surface area contributed by atoms with Crippen LogP contribution in [0.25, 0.3) is 68.3 Å². The lowest BCUT2D eigenvalue weighted by molar-refractivity contribution is -0.134. The highest BCUT2D eigenvalue weighted by Gasteiger charge is 2.18. The van der Waals surface area contributed by atoms with E-state index < -0.39 is 0 Å². The number of piperidine rings is 1. The van der Waals surface area contributed by atoms with Gasteiger partial charge in [0.05, 0.1) is 58.1 Å². The maximum atomic E-state index is 12.0. The Labute approximate surface area is 700 Å². The summed E-state index contributed by atoms with van der Waals surface area (Å²) < 4.78 is 36.8. The highest BCUT2D eigenvalue weighted by molar-refractivity contribution is 7.09. The van der Waals surface area contributed by atoms with Crippen molar-refractivity contribution in [1.29, 1.82) is 0 Å². The molecule has 1 fully saturated rings. The Morgan fingerprint density at radius 1 is 0.380 bits per heavy atom. The van der Waals surface area contributed by atoms with Crippen molar-refractivity contribution in [3.8, 4) is 104 Å². The van der Waals surface area contributed by atoms with Crippen molar-refractivity contribution in [1.82, 2.24) is 130 Å². The van der Waals surface area contributed by atoms with Gasteiger partial charge < -0.3 is 47.4 Å². The van der Waals surface area contributed by atoms with E-state index in [9.17, 15) is 9.59 Å². The third-order valence-electron chi connectivity index (χ3n) is 17.1. The number of hydrogen-bond acceptors (Lipinski definition) is 31. The SMILES string of the molecule is CC(Oc1ccc(-c2ccccn2)nn1)c1ccccn1.CN(C)C(=O)COc1ccc(-c2ccccn2)nn1.Cn1ccnc1COc1ccc(-c2ccccn2)nn1.Cn1cncc1COc1ccc(-c2ccccn2)nn1.O=C(COc1ccc(-c2ccccn2)nn1)N1CCCCC1.c1ccc(-c2ccc(OCc3nccs3)nn2)nc1. The van der Waals surface area contributed by atoms with E-state index in [4.69, 9.17) is 28.4 Å². The van der Waals surface area contributed by atoms with E-state index in [2.05, 4.69) is 111 Å². The average molecular weight is 1640 g/mol. The quantitative estimate of drug-likeness (QED) is 0.0542. The third-order valence-corrected chi connectivity index (χ3v) is 17.8. The van der Waals surface area contributed by atoms with E-state index in [-0.39, 0.29) is 31.1 Å². The zero-order valence-electron chi connectivity index (χ0n) is 66.5. The molecule has 0 aliphatic carbocycles. The second-order valence-corrected chi connectivity index (χ2v) is 26.9. The van der Waals surface area contributed by atoms with Gasteiger partial charge in [0.15, 0.2) is 13.2 Å². The van der Waals surface area contributed by atoms with Crippen molar-refractivity contribution in [2.75, 3.05) is 40.4 Å². The van der Waals surface area contributed by atoms with E-state index in [1.807, 2.05) is 198 Å². The molecule has 1 atom stereocenters. The first-order chi connectivity index (χ1) is 59.4. The van der Waals surface area contributed by atoms with Crippen molar-refractivity contribution in [2.24, 2.45) is 14.1 Å². The zero-order chi connectivity index (χ0) is 83.8. The molecule has 121 heavy (non-hydrogen) atoms. The molecule has 16 aromatic rings. The predicted octanol–water partition coefficient (Wildman–Crippen LogP) is 12.3. The second kappa shape index (κ2) is 45.6. The van der Waals surface area contributed by atoms with Crippen LogP contribution in [-0.4, -0.2) is 182 Å². The van der Waals surface area contributed by atoms with Crippen molar-refractivity contribution in [3.63, 3.8) is 0 Å². The molecule has 0 aromatic carbocycles. The summed E-state index contributed by atoms with van der Waals surface area (Å²) in [6, 6.07) is 61.0. The van der Waals surface area contributed by atoms with Crippen molar-refractivity contribution < 1.29 is 38.0 Å². The number of hydrogen-bond donors (Lipinski definition) is 0. The van der Waals surface area contributed by atoms with Gasteiger partial charge in [0.2, 0.25) is 35.3 Å². The van der Waals surface area contributed by atoms with Crippen molar-refractivity contribution in [3.05, 3.63) is 302 Å². The Balaban J connectivity index is 0.000000133. The van der Waals surface area contributed by atoms with E-state index >= 15 is 0 Å². The summed E-state index contributed by atoms with van der Waals surface area (Å²) in [5, 5.41) is 51.4. The van der Waals surface area contributed by atoms with E-state index in [1.54, 1.807) is 142 Å². The fourth-order valence-electron chi connectivity index (χ4n) is 10.6. The van der Waals surface area contributed by atoms with Gasteiger partial charge in [0.1, 0.15) is 70.9 Å². The molecule has 0 bridgehead atoms. The van der Waals surface area contributed by atoms with E-state index in [0.29, 0.717) is 72.2 Å². The lowest BCUT2D eigenvalue weighted by atomic mass is 10.1. The van der Waals surface area contributed by atoms with Crippen LogP contribution in [0.15, 0.2) is 280 Å². The van der Waals surface area contributed by atoms with Crippen LogP contribution < -0.4 is 28.4 Å². The fourth-order valence-corrected chi connectivity index (χ4v) is 11.1. The molecule has 16 aromatic heterocycles. The fraction of sp³-hybridized carbons (Fsp3) is 0.186. The molecule has 0 radical (unpaired) electrons. The van der Waals surface area contributed by atoms with Crippen LogP contribution in [0.4, 0.5) is 0 Å². The first kappa shape index (κ1) is 84.7. The summed E-state index contributed by atoms with van der Waals surface area (Å²) in [4.78, 5) is 68.5. The number of thiazole rings is 1. The average Bonchev–Trinajstić information content (AvgIpc) is 1.50. The highest BCUT2D eigenvalue weighted by Crippen LogP contribution is 2.24. The molecule has 2 amide bonds. The van der Waals surface area contributed by atoms with Gasteiger partial charge in [0.25, 0.3) is 11.8 Å². The minimum atomic E-state index is -0.179. The molecule has 0 N–H and O–H groups in total. The first-order valence-electron chi connectivity index (χ1n) is 37.9. The molecular weight excluding hydrogens is 1560 g/mol. The van der Waals surface area contributed by atoms with Gasteiger partial charge in [-0.1, -0.05) is 42.5 Å². The van der Waals surface area contributed by atoms with Gasteiger partial charge in [-0.3, -0.25) is 44.5 Å². The van der Waals surface area contributed by atoms with Gasteiger partial charge in [0, 0.05) is 145 Å².